The van der Waals surface area contributed by atoms with Gasteiger partial charge in [-0.2, -0.15) is 0 Å². The Labute approximate surface area is 81.5 Å². The molecule has 0 spiro atoms. The third kappa shape index (κ3) is 3.30. The minimum absolute atomic E-state index is 0.372. The lowest BCUT2D eigenvalue weighted by Gasteiger charge is -1.89. The predicted molar refractivity (Wildman–Crippen MR) is 52.6 cm³/mol. The Bertz CT molecular complexity index is 354. The summed E-state index contributed by atoms with van der Waals surface area (Å²) in [7, 11) is 0. The van der Waals surface area contributed by atoms with E-state index in [1.807, 2.05) is 19.1 Å². The molecule has 13 heavy (non-hydrogen) atoms. The average molecular weight is 194 g/mol. The molecule has 0 bridgehead atoms. The minimum atomic E-state index is -0.464. The fourth-order valence-corrected chi connectivity index (χ4v) is 1.50. The molecule has 3 heteroatoms. The topological polar surface area (TPSA) is 26.3 Å². The Balaban J connectivity index is 2.62. The van der Waals surface area contributed by atoms with Crippen LogP contribution in [0.3, 0.4) is 0 Å². The maximum absolute atomic E-state index is 10.8. The van der Waals surface area contributed by atoms with E-state index in [1.165, 1.54) is 4.88 Å². The third-order valence-corrected chi connectivity index (χ3v) is 2.22. The number of hydrogen-bond acceptors (Lipinski definition) is 3. The van der Waals surface area contributed by atoms with Crippen molar-refractivity contribution < 1.29 is 9.53 Å². The first-order chi connectivity index (χ1) is 6.22. The highest BCUT2D eigenvalue weighted by Crippen LogP contribution is 2.12. The lowest BCUT2D eigenvalue weighted by Crippen LogP contribution is -1.99. The first kappa shape index (κ1) is 9.82. The molecule has 1 aromatic rings. The van der Waals surface area contributed by atoms with Crippen LogP contribution in [0, 0.1) is 18.8 Å². The second-order valence-electron chi connectivity index (χ2n) is 2.38. The van der Waals surface area contributed by atoms with E-state index in [4.69, 9.17) is 0 Å². The van der Waals surface area contributed by atoms with Gasteiger partial charge in [0.2, 0.25) is 0 Å². The maximum Gasteiger partial charge on any atom is 0.384 e. The molecule has 68 valence electrons. The molecule has 1 rings (SSSR count). The van der Waals surface area contributed by atoms with Crippen LogP contribution in [0.4, 0.5) is 0 Å². The van der Waals surface area contributed by atoms with Gasteiger partial charge in [0, 0.05) is 10.8 Å². The van der Waals surface area contributed by atoms with E-state index in [9.17, 15) is 4.79 Å². The normalized spacial score (nSPS) is 8.77. The zero-order valence-electron chi connectivity index (χ0n) is 7.59. The standard InChI is InChI=1S/C10H10O2S/c1-3-12-10(11)7-6-9-5-4-8(2)13-9/h4-5H,3H2,1-2H3. The number of aryl methyl sites for hydroxylation is 1. The Morgan fingerprint density at radius 2 is 2.38 bits per heavy atom. The summed E-state index contributed by atoms with van der Waals surface area (Å²) in [5, 5.41) is 0. The van der Waals surface area contributed by atoms with E-state index < -0.39 is 5.97 Å². The number of rotatable bonds is 1. The predicted octanol–water partition coefficient (Wildman–Crippen LogP) is 1.97. The monoisotopic (exact) mass is 194 g/mol. The van der Waals surface area contributed by atoms with Gasteiger partial charge in [0.25, 0.3) is 0 Å². The van der Waals surface area contributed by atoms with Crippen LogP contribution in [0.2, 0.25) is 0 Å². The van der Waals surface area contributed by atoms with E-state index in [0.717, 1.165) is 4.88 Å². The molecule has 0 amide bonds. The lowest BCUT2D eigenvalue weighted by molar-refractivity contribution is -0.136. The zero-order chi connectivity index (χ0) is 9.68. The Hall–Kier alpha value is -1.27. The van der Waals surface area contributed by atoms with Crippen molar-refractivity contribution in [3.63, 3.8) is 0 Å². The first-order valence-corrected chi connectivity index (χ1v) is 4.79. The van der Waals surface area contributed by atoms with Gasteiger partial charge in [-0.05, 0) is 31.9 Å². The molecule has 1 aromatic heterocycles. The first-order valence-electron chi connectivity index (χ1n) is 3.97. The summed E-state index contributed by atoms with van der Waals surface area (Å²) in [4.78, 5) is 12.9. The highest BCUT2D eigenvalue weighted by molar-refractivity contribution is 7.12. The van der Waals surface area contributed by atoms with Crippen molar-refractivity contribution in [2.75, 3.05) is 6.61 Å². The number of ether oxygens (including phenoxy) is 1. The number of carbonyl (C=O) groups excluding carboxylic acids is 1. The van der Waals surface area contributed by atoms with Crippen molar-refractivity contribution >= 4 is 17.3 Å². The molecule has 0 fully saturated rings. The summed E-state index contributed by atoms with van der Waals surface area (Å²) in [6.07, 6.45) is 0. The van der Waals surface area contributed by atoms with Gasteiger partial charge in [-0.25, -0.2) is 4.79 Å². The van der Waals surface area contributed by atoms with Crippen LogP contribution in [0.25, 0.3) is 0 Å². The summed E-state index contributed by atoms with van der Waals surface area (Å²) in [5.41, 5.74) is 0. The van der Waals surface area contributed by atoms with E-state index in [0.29, 0.717) is 6.61 Å². The molecule has 0 aliphatic rings. The van der Waals surface area contributed by atoms with Gasteiger partial charge in [-0.15, -0.1) is 11.3 Å². The van der Waals surface area contributed by atoms with Gasteiger partial charge < -0.3 is 4.74 Å². The number of carbonyl (C=O) groups is 1. The van der Waals surface area contributed by atoms with Crippen molar-refractivity contribution in [2.24, 2.45) is 0 Å². The molecule has 0 aliphatic carbocycles. The van der Waals surface area contributed by atoms with Crippen molar-refractivity contribution in [1.29, 1.82) is 0 Å². The highest BCUT2D eigenvalue weighted by atomic mass is 32.1. The van der Waals surface area contributed by atoms with E-state index in [-0.39, 0.29) is 0 Å². The quantitative estimate of drug-likeness (QED) is 0.504. The Morgan fingerprint density at radius 1 is 1.62 bits per heavy atom. The average Bonchev–Trinajstić information content (AvgIpc) is 2.49. The van der Waals surface area contributed by atoms with Crippen molar-refractivity contribution in [3.05, 3.63) is 21.9 Å². The van der Waals surface area contributed by atoms with Crippen molar-refractivity contribution in [3.8, 4) is 11.8 Å². The fourth-order valence-electron chi connectivity index (χ4n) is 0.782. The maximum atomic E-state index is 10.8. The van der Waals surface area contributed by atoms with Crippen molar-refractivity contribution in [1.82, 2.24) is 0 Å². The van der Waals surface area contributed by atoms with Gasteiger partial charge in [0.05, 0.1) is 11.5 Å². The molecule has 0 N–H and O–H groups in total. The van der Waals surface area contributed by atoms with Gasteiger partial charge >= 0.3 is 5.97 Å². The summed E-state index contributed by atoms with van der Waals surface area (Å²) in [6, 6.07) is 3.87. The van der Waals surface area contributed by atoms with Gasteiger partial charge in [-0.1, -0.05) is 0 Å². The van der Waals surface area contributed by atoms with E-state index in [1.54, 1.807) is 18.3 Å². The summed E-state index contributed by atoms with van der Waals surface area (Å²) in [6.45, 7) is 4.13. The smallest absolute Gasteiger partial charge is 0.384 e. The Kier molecular flexibility index (Phi) is 3.53. The van der Waals surface area contributed by atoms with Gasteiger partial charge in [0.1, 0.15) is 0 Å². The lowest BCUT2D eigenvalue weighted by atomic mass is 10.4. The van der Waals surface area contributed by atoms with Crippen LogP contribution in [0.1, 0.15) is 16.7 Å². The number of thiophene rings is 1. The molecule has 0 aliphatic heterocycles. The number of esters is 1. The van der Waals surface area contributed by atoms with Crippen LogP contribution in [0.15, 0.2) is 12.1 Å². The highest BCUT2D eigenvalue weighted by Gasteiger charge is 1.94. The molecule has 0 atom stereocenters. The fraction of sp³-hybridized carbons (Fsp3) is 0.300. The summed E-state index contributed by atoms with van der Waals surface area (Å²) >= 11 is 1.57. The Morgan fingerprint density at radius 3 is 2.92 bits per heavy atom. The van der Waals surface area contributed by atoms with Crippen LogP contribution in [0.5, 0.6) is 0 Å². The third-order valence-electron chi connectivity index (χ3n) is 1.30. The SMILES string of the molecule is CCOC(=O)C#Cc1ccc(C)s1. The molecule has 0 saturated heterocycles. The van der Waals surface area contributed by atoms with Gasteiger partial charge in [0.15, 0.2) is 0 Å². The van der Waals surface area contributed by atoms with Crippen LogP contribution in [-0.4, -0.2) is 12.6 Å². The molecule has 2 nitrogen and oxygen atoms in total. The molecular weight excluding hydrogens is 184 g/mol. The molecule has 1 heterocycles. The van der Waals surface area contributed by atoms with Crippen LogP contribution < -0.4 is 0 Å². The number of hydrogen-bond donors (Lipinski definition) is 0. The summed E-state index contributed by atoms with van der Waals surface area (Å²) < 4.78 is 4.66. The largest absolute Gasteiger partial charge is 0.456 e. The van der Waals surface area contributed by atoms with Crippen LogP contribution >= 0.6 is 11.3 Å². The molecule has 0 radical (unpaired) electrons. The second-order valence-corrected chi connectivity index (χ2v) is 3.67. The van der Waals surface area contributed by atoms with E-state index in [2.05, 4.69) is 16.6 Å². The second kappa shape index (κ2) is 4.68. The van der Waals surface area contributed by atoms with Gasteiger partial charge in [-0.3, -0.25) is 0 Å². The molecule has 0 unspecified atom stereocenters. The van der Waals surface area contributed by atoms with Crippen LogP contribution in [-0.2, 0) is 9.53 Å². The molecule has 0 aromatic carbocycles. The van der Waals surface area contributed by atoms with E-state index >= 15 is 0 Å². The van der Waals surface area contributed by atoms with Crippen molar-refractivity contribution in [2.45, 2.75) is 13.8 Å². The minimum Gasteiger partial charge on any atom is -0.456 e. The summed E-state index contributed by atoms with van der Waals surface area (Å²) in [5.74, 6) is 4.69. The molecule has 0 saturated carbocycles. The molecular formula is C10H10O2S. The zero-order valence-corrected chi connectivity index (χ0v) is 8.40.